The minimum absolute atomic E-state index is 0.0421. The molecule has 3 aromatic carbocycles. The Balaban J connectivity index is 1.44. The highest BCUT2D eigenvalue weighted by Crippen LogP contribution is 2.23. The fourth-order valence-corrected chi connectivity index (χ4v) is 4.35. The molecule has 1 heterocycles. The molecule has 0 spiro atoms. The number of piperidine rings is 1. The zero-order valence-corrected chi connectivity index (χ0v) is 19.3. The highest BCUT2D eigenvalue weighted by molar-refractivity contribution is 5.97. The normalized spacial score (nSPS) is 14.7. The van der Waals surface area contributed by atoms with Gasteiger partial charge in [-0.3, -0.25) is 14.4 Å². The lowest BCUT2D eigenvalue weighted by atomic mass is 9.88. The third-order valence-corrected chi connectivity index (χ3v) is 6.32. The maximum atomic E-state index is 14.1. The van der Waals surface area contributed by atoms with Crippen molar-refractivity contribution in [2.24, 2.45) is 5.92 Å². The van der Waals surface area contributed by atoms with Crippen LogP contribution in [0.25, 0.3) is 0 Å². The summed E-state index contributed by atoms with van der Waals surface area (Å²) in [5.74, 6) is -1.66. The summed E-state index contributed by atoms with van der Waals surface area (Å²) in [7, 11) is 0. The molecule has 1 aliphatic rings. The lowest BCUT2D eigenvalue weighted by Gasteiger charge is -2.36. The number of rotatable bonds is 7. The summed E-state index contributed by atoms with van der Waals surface area (Å²) in [4.78, 5) is 40.5. The summed E-state index contributed by atoms with van der Waals surface area (Å²) in [6, 6.07) is 23.5. The van der Waals surface area contributed by atoms with Crippen LogP contribution < -0.4 is 10.6 Å². The zero-order valence-electron chi connectivity index (χ0n) is 19.3. The molecule has 2 N–H and O–H groups in total. The first-order valence-electron chi connectivity index (χ1n) is 11.7. The molecule has 0 bridgehead atoms. The monoisotopic (exact) mass is 473 g/mol. The van der Waals surface area contributed by atoms with Crippen LogP contribution in [0.2, 0.25) is 0 Å². The van der Waals surface area contributed by atoms with Gasteiger partial charge in [-0.2, -0.15) is 0 Å². The molecule has 0 aliphatic carbocycles. The van der Waals surface area contributed by atoms with Crippen LogP contribution in [0, 0.1) is 11.7 Å². The van der Waals surface area contributed by atoms with Crippen molar-refractivity contribution in [2.75, 3.05) is 13.1 Å². The number of nitrogens with zero attached hydrogens (tertiary/aromatic N) is 1. The SMILES string of the molecule is O=C(NC(C(=O)NCc1ccccc1)C1CCN(C(=O)c2ccccc2F)CC1)c1ccccc1. The van der Waals surface area contributed by atoms with Crippen molar-refractivity contribution >= 4 is 17.7 Å². The van der Waals surface area contributed by atoms with Gasteiger partial charge in [-0.25, -0.2) is 4.39 Å². The molecule has 1 aliphatic heterocycles. The highest BCUT2D eigenvalue weighted by Gasteiger charge is 2.34. The first-order valence-corrected chi connectivity index (χ1v) is 11.7. The summed E-state index contributed by atoms with van der Waals surface area (Å²) in [6.45, 7) is 1.10. The summed E-state index contributed by atoms with van der Waals surface area (Å²) in [5.41, 5.74) is 1.47. The quantitative estimate of drug-likeness (QED) is 0.548. The maximum absolute atomic E-state index is 14.1. The number of carbonyl (C=O) groups is 3. The highest BCUT2D eigenvalue weighted by atomic mass is 19.1. The molecule has 3 amide bonds. The largest absolute Gasteiger partial charge is 0.350 e. The molecule has 7 heteroatoms. The predicted octanol–water partition coefficient (Wildman–Crippen LogP) is 3.79. The Morgan fingerprint density at radius 2 is 1.46 bits per heavy atom. The third-order valence-electron chi connectivity index (χ3n) is 6.32. The Kier molecular flexibility index (Phi) is 7.88. The second kappa shape index (κ2) is 11.4. The van der Waals surface area contributed by atoms with E-state index in [0.29, 0.717) is 38.0 Å². The van der Waals surface area contributed by atoms with Crippen LogP contribution in [-0.4, -0.2) is 41.8 Å². The second-order valence-corrected chi connectivity index (χ2v) is 8.63. The van der Waals surface area contributed by atoms with Gasteiger partial charge in [-0.1, -0.05) is 60.7 Å². The van der Waals surface area contributed by atoms with E-state index in [1.165, 1.54) is 12.1 Å². The topological polar surface area (TPSA) is 78.5 Å². The van der Waals surface area contributed by atoms with E-state index < -0.39 is 11.9 Å². The van der Waals surface area contributed by atoms with Crippen molar-refractivity contribution < 1.29 is 18.8 Å². The zero-order chi connectivity index (χ0) is 24.6. The standard InChI is InChI=1S/C28H28FN3O3/c29-24-14-8-7-13-23(24)28(35)32-17-15-21(16-18-32)25(31-26(33)22-11-5-2-6-12-22)27(34)30-19-20-9-3-1-4-10-20/h1-14,21,25H,15-19H2,(H,30,34)(H,31,33). The van der Waals surface area contributed by atoms with Crippen molar-refractivity contribution in [3.05, 3.63) is 107 Å². The molecule has 35 heavy (non-hydrogen) atoms. The van der Waals surface area contributed by atoms with Gasteiger partial charge in [0.2, 0.25) is 5.91 Å². The third kappa shape index (κ3) is 6.12. The van der Waals surface area contributed by atoms with Crippen molar-refractivity contribution in [3.63, 3.8) is 0 Å². The van der Waals surface area contributed by atoms with E-state index in [-0.39, 0.29) is 29.2 Å². The fraction of sp³-hybridized carbons (Fsp3) is 0.250. The van der Waals surface area contributed by atoms with Crippen LogP contribution in [0.15, 0.2) is 84.9 Å². The Morgan fingerprint density at radius 3 is 2.11 bits per heavy atom. The number of likely N-dealkylation sites (tertiary alicyclic amines) is 1. The first-order chi connectivity index (χ1) is 17.0. The molecule has 1 unspecified atom stereocenters. The van der Waals surface area contributed by atoms with E-state index >= 15 is 0 Å². The molecule has 0 radical (unpaired) electrons. The van der Waals surface area contributed by atoms with Crippen LogP contribution in [0.3, 0.4) is 0 Å². The van der Waals surface area contributed by atoms with Crippen molar-refractivity contribution in [1.29, 1.82) is 0 Å². The van der Waals surface area contributed by atoms with Crippen LogP contribution in [0.5, 0.6) is 0 Å². The molecule has 0 aromatic heterocycles. The molecule has 0 saturated carbocycles. The van der Waals surface area contributed by atoms with E-state index in [0.717, 1.165) is 5.56 Å². The summed E-state index contributed by atoms with van der Waals surface area (Å²) >= 11 is 0. The molecule has 1 saturated heterocycles. The molecule has 3 aromatic rings. The van der Waals surface area contributed by atoms with Gasteiger partial charge in [0.15, 0.2) is 0 Å². The van der Waals surface area contributed by atoms with Gasteiger partial charge < -0.3 is 15.5 Å². The average Bonchev–Trinajstić information content (AvgIpc) is 2.91. The van der Waals surface area contributed by atoms with E-state index in [1.807, 2.05) is 36.4 Å². The molecule has 1 atom stereocenters. The lowest BCUT2D eigenvalue weighted by Crippen LogP contribution is -2.53. The van der Waals surface area contributed by atoms with Gasteiger partial charge in [0, 0.05) is 25.2 Å². The Bertz CT molecular complexity index is 1160. The Labute approximate surface area is 204 Å². The summed E-state index contributed by atoms with van der Waals surface area (Å²) < 4.78 is 14.1. The van der Waals surface area contributed by atoms with E-state index in [9.17, 15) is 18.8 Å². The molecule has 6 nitrogen and oxygen atoms in total. The van der Waals surface area contributed by atoms with Crippen molar-refractivity contribution in [1.82, 2.24) is 15.5 Å². The van der Waals surface area contributed by atoms with Crippen LogP contribution in [0.4, 0.5) is 4.39 Å². The first kappa shape index (κ1) is 24.1. The van der Waals surface area contributed by atoms with Crippen molar-refractivity contribution in [3.8, 4) is 0 Å². The number of carbonyl (C=O) groups excluding carboxylic acids is 3. The number of hydrogen-bond donors (Lipinski definition) is 2. The maximum Gasteiger partial charge on any atom is 0.256 e. The van der Waals surface area contributed by atoms with Crippen LogP contribution in [-0.2, 0) is 11.3 Å². The van der Waals surface area contributed by atoms with Gasteiger partial charge in [0.25, 0.3) is 11.8 Å². The van der Waals surface area contributed by atoms with Crippen molar-refractivity contribution in [2.45, 2.75) is 25.4 Å². The number of halogens is 1. The Morgan fingerprint density at radius 1 is 0.857 bits per heavy atom. The van der Waals surface area contributed by atoms with Crippen LogP contribution in [0.1, 0.15) is 39.1 Å². The predicted molar refractivity (Wildman–Crippen MR) is 131 cm³/mol. The van der Waals surface area contributed by atoms with Gasteiger partial charge >= 0.3 is 0 Å². The van der Waals surface area contributed by atoms with Gasteiger partial charge in [-0.15, -0.1) is 0 Å². The number of nitrogens with one attached hydrogen (secondary N) is 2. The second-order valence-electron chi connectivity index (χ2n) is 8.63. The van der Waals surface area contributed by atoms with E-state index in [2.05, 4.69) is 10.6 Å². The van der Waals surface area contributed by atoms with Gasteiger partial charge in [-0.05, 0) is 48.6 Å². The molecular weight excluding hydrogens is 445 g/mol. The molecule has 1 fully saturated rings. The minimum Gasteiger partial charge on any atom is -0.350 e. The Hall–Kier alpha value is -4.00. The average molecular weight is 474 g/mol. The lowest BCUT2D eigenvalue weighted by molar-refractivity contribution is -0.124. The molecule has 180 valence electrons. The summed E-state index contributed by atoms with van der Waals surface area (Å²) in [6.07, 6.45) is 1.03. The number of benzene rings is 3. The summed E-state index contributed by atoms with van der Waals surface area (Å²) in [5, 5.41) is 5.85. The smallest absolute Gasteiger partial charge is 0.256 e. The van der Waals surface area contributed by atoms with Gasteiger partial charge in [0.1, 0.15) is 11.9 Å². The van der Waals surface area contributed by atoms with Gasteiger partial charge in [0.05, 0.1) is 5.56 Å². The minimum atomic E-state index is -0.753. The number of hydrogen-bond acceptors (Lipinski definition) is 3. The molecule has 4 rings (SSSR count). The van der Waals surface area contributed by atoms with Crippen LogP contribution >= 0.6 is 0 Å². The number of amides is 3. The van der Waals surface area contributed by atoms with E-state index in [4.69, 9.17) is 0 Å². The van der Waals surface area contributed by atoms with E-state index in [1.54, 1.807) is 41.3 Å². The fourth-order valence-electron chi connectivity index (χ4n) is 4.35. The molecular formula is C28H28FN3O3.